The van der Waals surface area contributed by atoms with Crippen molar-refractivity contribution in [3.63, 3.8) is 0 Å². The molecule has 0 saturated heterocycles. The average molecular weight is 411 g/mol. The fourth-order valence-corrected chi connectivity index (χ4v) is 4.35. The summed E-state index contributed by atoms with van der Waals surface area (Å²) in [7, 11) is 0. The number of anilines is 1. The first-order valence-electron chi connectivity index (χ1n) is 9.66. The van der Waals surface area contributed by atoms with Crippen LogP contribution >= 0.6 is 11.8 Å². The zero-order valence-corrected chi connectivity index (χ0v) is 17.6. The highest BCUT2D eigenvalue weighted by Gasteiger charge is 2.35. The van der Waals surface area contributed by atoms with E-state index in [1.165, 1.54) is 10.6 Å². The number of fused-ring (bicyclic) bond motifs is 1. The Kier molecular flexibility index (Phi) is 5.49. The fraction of sp³-hybridized carbons (Fsp3) is 0.333. The van der Waals surface area contributed by atoms with Crippen LogP contribution in [0.2, 0.25) is 0 Å². The number of thioether (sulfide) groups is 1. The SMILES string of the molecule is Cc1ccc(C2=C(c3ccnc(N(N)[C@H](CO)C(C)C)n3)N3C=CSC3N2)cc1. The van der Waals surface area contributed by atoms with Gasteiger partial charge in [-0.15, -0.1) is 0 Å². The van der Waals surface area contributed by atoms with Crippen molar-refractivity contribution >= 4 is 29.1 Å². The van der Waals surface area contributed by atoms with Gasteiger partial charge in [0.05, 0.1) is 29.7 Å². The first kappa shape index (κ1) is 19.8. The Labute approximate surface area is 175 Å². The van der Waals surface area contributed by atoms with Crippen molar-refractivity contribution in [2.24, 2.45) is 11.8 Å². The summed E-state index contributed by atoms with van der Waals surface area (Å²) in [6.07, 6.45) is 3.78. The van der Waals surface area contributed by atoms with Crippen molar-refractivity contribution in [2.45, 2.75) is 32.3 Å². The minimum atomic E-state index is -0.257. The van der Waals surface area contributed by atoms with Crippen LogP contribution in [0, 0.1) is 12.8 Å². The van der Waals surface area contributed by atoms with Gasteiger partial charge in [-0.3, -0.25) is 5.01 Å². The van der Waals surface area contributed by atoms with Gasteiger partial charge in [-0.2, -0.15) is 0 Å². The summed E-state index contributed by atoms with van der Waals surface area (Å²) in [6.45, 7) is 6.05. The van der Waals surface area contributed by atoms with Crippen molar-refractivity contribution in [3.8, 4) is 0 Å². The Morgan fingerprint density at radius 3 is 2.72 bits per heavy atom. The molecule has 8 heteroatoms. The first-order chi connectivity index (χ1) is 14.0. The summed E-state index contributed by atoms with van der Waals surface area (Å²) in [5.41, 5.74) is 5.23. The van der Waals surface area contributed by atoms with Crippen molar-refractivity contribution in [1.82, 2.24) is 20.2 Å². The fourth-order valence-electron chi connectivity index (χ4n) is 3.51. The Bertz CT molecular complexity index is 942. The smallest absolute Gasteiger partial charge is 0.240 e. The highest BCUT2D eigenvalue weighted by atomic mass is 32.2. The maximum absolute atomic E-state index is 9.73. The molecular weight excluding hydrogens is 384 g/mol. The van der Waals surface area contributed by atoms with Gasteiger partial charge in [-0.05, 0) is 29.9 Å². The van der Waals surface area contributed by atoms with Crippen LogP contribution < -0.4 is 16.2 Å². The van der Waals surface area contributed by atoms with Gasteiger partial charge in [0.15, 0.2) is 5.50 Å². The summed E-state index contributed by atoms with van der Waals surface area (Å²) in [5, 5.41) is 16.9. The van der Waals surface area contributed by atoms with Gasteiger partial charge in [0.25, 0.3) is 0 Å². The van der Waals surface area contributed by atoms with E-state index in [1.54, 1.807) is 18.0 Å². The van der Waals surface area contributed by atoms with Crippen molar-refractivity contribution < 1.29 is 5.11 Å². The molecule has 152 valence electrons. The van der Waals surface area contributed by atoms with Crippen LogP contribution in [-0.4, -0.2) is 38.1 Å². The lowest BCUT2D eigenvalue weighted by Crippen LogP contribution is -2.47. The van der Waals surface area contributed by atoms with Crippen LogP contribution in [0.3, 0.4) is 0 Å². The van der Waals surface area contributed by atoms with Crippen LogP contribution in [0.15, 0.2) is 48.1 Å². The molecule has 4 N–H and O–H groups in total. The van der Waals surface area contributed by atoms with Crippen molar-refractivity contribution in [3.05, 3.63) is 65.0 Å². The monoisotopic (exact) mass is 410 g/mol. The number of hydrazine groups is 1. The van der Waals surface area contributed by atoms with E-state index >= 15 is 0 Å². The number of hydrogen-bond acceptors (Lipinski definition) is 8. The second-order valence-electron chi connectivity index (χ2n) is 7.56. The van der Waals surface area contributed by atoms with Crippen molar-refractivity contribution in [1.29, 1.82) is 0 Å². The molecule has 0 aliphatic carbocycles. The van der Waals surface area contributed by atoms with Crippen LogP contribution in [0.5, 0.6) is 0 Å². The number of hydrogen-bond donors (Lipinski definition) is 3. The molecule has 0 spiro atoms. The van der Waals surface area contributed by atoms with E-state index in [9.17, 15) is 5.11 Å². The number of rotatable bonds is 6. The summed E-state index contributed by atoms with van der Waals surface area (Å²) >= 11 is 1.72. The maximum Gasteiger partial charge on any atom is 0.240 e. The Morgan fingerprint density at radius 1 is 1.28 bits per heavy atom. The predicted octanol–water partition coefficient (Wildman–Crippen LogP) is 2.71. The highest BCUT2D eigenvalue weighted by molar-refractivity contribution is 8.02. The summed E-state index contributed by atoms with van der Waals surface area (Å²) < 4.78 is 0. The number of benzene rings is 1. The largest absolute Gasteiger partial charge is 0.394 e. The van der Waals surface area contributed by atoms with E-state index in [4.69, 9.17) is 10.8 Å². The zero-order valence-electron chi connectivity index (χ0n) is 16.8. The van der Waals surface area contributed by atoms with Gasteiger partial charge in [0, 0.05) is 12.4 Å². The lowest BCUT2D eigenvalue weighted by atomic mass is 10.1. The van der Waals surface area contributed by atoms with E-state index in [0.717, 1.165) is 22.7 Å². The molecule has 2 aliphatic heterocycles. The summed E-state index contributed by atoms with van der Waals surface area (Å²) in [4.78, 5) is 11.3. The second-order valence-corrected chi connectivity index (χ2v) is 8.55. The summed E-state index contributed by atoms with van der Waals surface area (Å²) in [5.74, 6) is 6.83. The number of aliphatic hydroxyl groups excluding tert-OH is 1. The minimum absolute atomic E-state index is 0.0613. The van der Waals surface area contributed by atoms with E-state index in [1.807, 2.05) is 19.9 Å². The molecule has 0 fully saturated rings. The zero-order chi connectivity index (χ0) is 20.5. The summed E-state index contributed by atoms with van der Waals surface area (Å²) in [6, 6.07) is 10.1. The van der Waals surface area contributed by atoms with E-state index in [0.29, 0.717) is 5.95 Å². The molecule has 2 aliphatic rings. The minimum Gasteiger partial charge on any atom is -0.394 e. The quantitative estimate of drug-likeness (QED) is 0.495. The lowest BCUT2D eigenvalue weighted by Gasteiger charge is -2.29. The first-order valence-corrected chi connectivity index (χ1v) is 10.6. The third kappa shape index (κ3) is 3.71. The van der Waals surface area contributed by atoms with Gasteiger partial charge < -0.3 is 15.3 Å². The van der Waals surface area contributed by atoms with Gasteiger partial charge in [-0.25, -0.2) is 15.8 Å². The van der Waals surface area contributed by atoms with Crippen LogP contribution in [0.4, 0.5) is 5.95 Å². The number of nitrogens with zero attached hydrogens (tertiary/aromatic N) is 4. The Hall–Kier alpha value is -2.55. The van der Waals surface area contributed by atoms with E-state index < -0.39 is 0 Å². The Morgan fingerprint density at radius 2 is 2.03 bits per heavy atom. The predicted molar refractivity (Wildman–Crippen MR) is 118 cm³/mol. The number of aryl methyl sites for hydroxylation is 1. The van der Waals surface area contributed by atoms with E-state index in [2.05, 4.69) is 58.0 Å². The molecular formula is C21H26N6OS. The molecule has 2 aromatic rings. The van der Waals surface area contributed by atoms with Gasteiger partial charge in [0.2, 0.25) is 5.95 Å². The number of nitrogens with one attached hydrogen (secondary N) is 1. The molecule has 0 amide bonds. The molecule has 0 bridgehead atoms. The Balaban J connectivity index is 1.77. The van der Waals surface area contributed by atoms with E-state index in [-0.39, 0.29) is 24.1 Å². The molecule has 0 radical (unpaired) electrons. The molecule has 1 aromatic heterocycles. The second kappa shape index (κ2) is 8.06. The lowest BCUT2D eigenvalue weighted by molar-refractivity contribution is 0.229. The molecule has 3 heterocycles. The third-order valence-electron chi connectivity index (χ3n) is 5.21. The number of aliphatic hydroxyl groups is 1. The molecule has 2 atom stereocenters. The van der Waals surface area contributed by atoms with Crippen LogP contribution in [0.25, 0.3) is 11.4 Å². The van der Waals surface area contributed by atoms with Crippen LogP contribution in [0.1, 0.15) is 30.7 Å². The maximum atomic E-state index is 9.73. The van der Waals surface area contributed by atoms with Crippen molar-refractivity contribution in [2.75, 3.05) is 11.6 Å². The van der Waals surface area contributed by atoms with Gasteiger partial charge in [0.1, 0.15) is 0 Å². The molecule has 1 aromatic carbocycles. The van der Waals surface area contributed by atoms with Gasteiger partial charge in [-0.1, -0.05) is 55.4 Å². The third-order valence-corrected chi connectivity index (χ3v) is 6.10. The topological polar surface area (TPSA) is 90.5 Å². The van der Waals surface area contributed by atoms with Gasteiger partial charge >= 0.3 is 0 Å². The molecule has 7 nitrogen and oxygen atoms in total. The van der Waals surface area contributed by atoms with Crippen LogP contribution in [-0.2, 0) is 0 Å². The number of aromatic nitrogens is 2. The average Bonchev–Trinajstić information content (AvgIpc) is 3.30. The highest BCUT2D eigenvalue weighted by Crippen LogP contribution is 2.41. The molecule has 29 heavy (non-hydrogen) atoms. The standard InChI is InChI=1S/C21H26N6OS/c1-13(2)17(12-28)27(22)20-23-9-8-16(24-20)19-18(15-6-4-14(3)5-7-15)25-21-26(19)10-11-29-21/h4-11,13,17,21,25,28H,12,22H2,1-3H3/t17-,21?/m1/s1. The normalized spacial score (nSPS) is 19.0. The number of nitrogens with two attached hydrogens (primary N) is 1. The molecule has 1 unspecified atom stereocenters. The molecule has 0 saturated carbocycles. The molecule has 4 rings (SSSR count).